The van der Waals surface area contributed by atoms with E-state index in [1.165, 1.54) is 30.6 Å². The second-order valence-corrected chi connectivity index (χ2v) is 5.26. The molecule has 0 aliphatic rings. The number of hydrazine groups is 1. The first-order valence-corrected chi connectivity index (χ1v) is 6.99. The maximum Gasteiger partial charge on any atom is 0.333 e. The number of ketones is 1. The zero-order valence-electron chi connectivity index (χ0n) is 10.9. The largest absolute Gasteiger partial charge is 0.333 e. The van der Waals surface area contributed by atoms with Crippen LogP contribution < -0.4 is 16.6 Å². The van der Waals surface area contributed by atoms with Crippen LogP contribution in [0.25, 0.3) is 0 Å². The average Bonchev–Trinajstić information content (AvgIpc) is 2.51. The molecule has 0 aliphatic carbocycles. The summed E-state index contributed by atoms with van der Waals surface area (Å²) in [6.07, 6.45) is 2.93. The predicted octanol–water partition coefficient (Wildman–Crippen LogP) is 3.27. The number of hydrogen-bond donors (Lipinski definition) is 3. The molecule has 0 spiro atoms. The Balaban J connectivity index is 2.54. The number of amides is 2. The fourth-order valence-electron chi connectivity index (χ4n) is 1.71. The Bertz CT molecular complexity index is 738. The number of hydrogen-bond acceptors (Lipinski definition) is 4. The van der Waals surface area contributed by atoms with Crippen molar-refractivity contribution in [1.29, 1.82) is 0 Å². The highest BCUT2D eigenvalue weighted by Gasteiger charge is 2.22. The van der Waals surface area contributed by atoms with Crippen LogP contribution in [0.2, 0.25) is 15.1 Å². The van der Waals surface area contributed by atoms with Crippen LogP contribution >= 0.6 is 34.8 Å². The number of carbonyl (C=O) groups is 2. The lowest BCUT2D eigenvalue weighted by molar-refractivity contribution is 0.103. The standard InChI is InChI=1S/C13H9Cl3N4O2/c14-7-5-8(15)11(19-13(22)20-17)10(16)9(7)12(21)6-1-3-18-4-2-6/h1-5H,17H2,(H2,19,20,22). The predicted molar refractivity (Wildman–Crippen MR) is 85.5 cm³/mol. The molecule has 6 nitrogen and oxygen atoms in total. The third kappa shape index (κ3) is 3.31. The van der Waals surface area contributed by atoms with Gasteiger partial charge in [0, 0.05) is 18.0 Å². The molecule has 0 saturated heterocycles. The molecule has 0 atom stereocenters. The molecule has 114 valence electrons. The molecule has 1 aromatic heterocycles. The van der Waals surface area contributed by atoms with E-state index >= 15 is 0 Å². The highest BCUT2D eigenvalue weighted by Crippen LogP contribution is 2.39. The molecular weight excluding hydrogens is 351 g/mol. The lowest BCUT2D eigenvalue weighted by Gasteiger charge is -2.13. The average molecular weight is 360 g/mol. The van der Waals surface area contributed by atoms with E-state index in [-0.39, 0.29) is 26.3 Å². The minimum Gasteiger partial charge on any atom is -0.304 e. The second-order valence-electron chi connectivity index (χ2n) is 4.07. The quantitative estimate of drug-likeness (QED) is 0.339. The van der Waals surface area contributed by atoms with Crippen molar-refractivity contribution in [2.75, 3.05) is 5.32 Å². The fraction of sp³-hybridized carbons (Fsp3) is 0. The van der Waals surface area contributed by atoms with Crippen LogP contribution in [0, 0.1) is 0 Å². The summed E-state index contributed by atoms with van der Waals surface area (Å²) in [5.41, 5.74) is 2.27. The lowest BCUT2D eigenvalue weighted by Crippen LogP contribution is -2.34. The van der Waals surface area contributed by atoms with E-state index in [4.69, 9.17) is 40.6 Å². The second kappa shape index (κ2) is 6.93. The van der Waals surface area contributed by atoms with Crippen molar-refractivity contribution < 1.29 is 9.59 Å². The monoisotopic (exact) mass is 358 g/mol. The molecule has 0 saturated carbocycles. The summed E-state index contributed by atoms with van der Waals surface area (Å²) in [5, 5.41) is 2.40. The number of nitrogens with zero attached hydrogens (tertiary/aromatic N) is 1. The molecule has 0 aliphatic heterocycles. The third-order valence-electron chi connectivity index (χ3n) is 2.71. The number of urea groups is 1. The third-order valence-corrected chi connectivity index (χ3v) is 3.68. The van der Waals surface area contributed by atoms with Gasteiger partial charge in [-0.15, -0.1) is 0 Å². The van der Waals surface area contributed by atoms with Gasteiger partial charge in [-0.1, -0.05) is 34.8 Å². The minimum absolute atomic E-state index is 0.0197. The van der Waals surface area contributed by atoms with E-state index in [0.717, 1.165) is 0 Å². The number of nitrogens with two attached hydrogens (primary N) is 1. The zero-order chi connectivity index (χ0) is 16.3. The van der Waals surface area contributed by atoms with E-state index in [9.17, 15) is 9.59 Å². The molecule has 4 N–H and O–H groups in total. The van der Waals surface area contributed by atoms with Crippen molar-refractivity contribution in [3.8, 4) is 0 Å². The van der Waals surface area contributed by atoms with Crippen LogP contribution in [0.3, 0.4) is 0 Å². The van der Waals surface area contributed by atoms with Crippen molar-refractivity contribution in [3.05, 3.63) is 56.8 Å². The normalized spacial score (nSPS) is 10.2. The van der Waals surface area contributed by atoms with Gasteiger partial charge in [-0.05, 0) is 18.2 Å². The van der Waals surface area contributed by atoms with Gasteiger partial charge in [-0.25, -0.2) is 10.6 Å². The van der Waals surface area contributed by atoms with Gasteiger partial charge in [0.2, 0.25) is 0 Å². The Hall–Kier alpha value is -1.86. The summed E-state index contributed by atoms with van der Waals surface area (Å²) in [4.78, 5) is 27.7. The van der Waals surface area contributed by atoms with E-state index in [1.807, 2.05) is 5.43 Å². The number of benzene rings is 1. The Kier molecular flexibility index (Phi) is 5.20. The minimum atomic E-state index is -0.742. The first-order chi connectivity index (χ1) is 10.5. The van der Waals surface area contributed by atoms with Crippen molar-refractivity contribution >= 4 is 52.3 Å². The van der Waals surface area contributed by atoms with Crippen LogP contribution in [-0.2, 0) is 0 Å². The Labute approximate surface area is 140 Å². The molecule has 9 heteroatoms. The molecule has 0 bridgehead atoms. The molecular formula is C13H9Cl3N4O2. The summed E-state index contributed by atoms with van der Waals surface area (Å²) in [6, 6.07) is 3.61. The summed E-state index contributed by atoms with van der Waals surface area (Å²) in [5.74, 6) is 4.57. The summed E-state index contributed by atoms with van der Waals surface area (Å²) >= 11 is 18.2. The van der Waals surface area contributed by atoms with E-state index in [1.54, 1.807) is 0 Å². The molecule has 0 fully saturated rings. The smallest absolute Gasteiger partial charge is 0.304 e. The Morgan fingerprint density at radius 2 is 1.73 bits per heavy atom. The number of rotatable bonds is 3. The van der Waals surface area contributed by atoms with Gasteiger partial charge in [0.05, 0.1) is 26.3 Å². The summed E-state index contributed by atoms with van der Waals surface area (Å²) in [7, 11) is 0. The highest BCUT2D eigenvalue weighted by molar-refractivity contribution is 6.46. The lowest BCUT2D eigenvalue weighted by atomic mass is 10.0. The van der Waals surface area contributed by atoms with Crippen LogP contribution in [0.1, 0.15) is 15.9 Å². The van der Waals surface area contributed by atoms with Gasteiger partial charge in [-0.3, -0.25) is 15.2 Å². The first-order valence-electron chi connectivity index (χ1n) is 5.85. The van der Waals surface area contributed by atoms with Crippen molar-refractivity contribution in [2.24, 2.45) is 5.84 Å². The molecule has 2 aromatic rings. The summed E-state index contributed by atoms with van der Waals surface area (Å²) < 4.78 is 0. The van der Waals surface area contributed by atoms with Gasteiger partial charge in [0.25, 0.3) is 0 Å². The van der Waals surface area contributed by atoms with Gasteiger partial charge >= 0.3 is 6.03 Å². The number of aromatic nitrogens is 1. The fourth-order valence-corrected chi connectivity index (χ4v) is 2.74. The molecule has 0 radical (unpaired) electrons. The molecule has 0 unspecified atom stereocenters. The van der Waals surface area contributed by atoms with Crippen molar-refractivity contribution in [1.82, 2.24) is 10.4 Å². The molecule has 1 heterocycles. The topological polar surface area (TPSA) is 97.1 Å². The van der Waals surface area contributed by atoms with Crippen LogP contribution in [0.4, 0.5) is 10.5 Å². The Morgan fingerprint density at radius 3 is 2.32 bits per heavy atom. The van der Waals surface area contributed by atoms with Crippen molar-refractivity contribution in [3.63, 3.8) is 0 Å². The molecule has 2 amide bonds. The highest BCUT2D eigenvalue weighted by atomic mass is 35.5. The SMILES string of the molecule is NNC(=O)Nc1c(Cl)cc(Cl)c(C(=O)c2ccncc2)c1Cl. The summed E-state index contributed by atoms with van der Waals surface area (Å²) in [6.45, 7) is 0. The molecule has 22 heavy (non-hydrogen) atoms. The maximum atomic E-state index is 12.5. The number of halogens is 3. The van der Waals surface area contributed by atoms with Gasteiger partial charge in [0.1, 0.15) is 0 Å². The van der Waals surface area contributed by atoms with E-state index in [0.29, 0.717) is 5.56 Å². The van der Waals surface area contributed by atoms with Gasteiger partial charge in [-0.2, -0.15) is 0 Å². The number of anilines is 1. The maximum absolute atomic E-state index is 12.5. The number of carbonyl (C=O) groups excluding carboxylic acids is 2. The molecule has 1 aromatic carbocycles. The van der Waals surface area contributed by atoms with Crippen LogP contribution in [0.15, 0.2) is 30.6 Å². The number of nitrogens with one attached hydrogen (secondary N) is 2. The Morgan fingerprint density at radius 1 is 1.09 bits per heavy atom. The molecule has 2 rings (SSSR count). The number of pyridine rings is 1. The first kappa shape index (κ1) is 16.5. The van der Waals surface area contributed by atoms with Crippen LogP contribution in [0.5, 0.6) is 0 Å². The van der Waals surface area contributed by atoms with E-state index < -0.39 is 11.8 Å². The van der Waals surface area contributed by atoms with Crippen molar-refractivity contribution in [2.45, 2.75) is 0 Å². The van der Waals surface area contributed by atoms with Gasteiger partial charge < -0.3 is 5.32 Å². The van der Waals surface area contributed by atoms with Crippen LogP contribution in [-0.4, -0.2) is 16.8 Å². The van der Waals surface area contributed by atoms with E-state index in [2.05, 4.69) is 10.3 Å². The zero-order valence-corrected chi connectivity index (χ0v) is 13.1. The van der Waals surface area contributed by atoms with Gasteiger partial charge in [0.15, 0.2) is 5.78 Å².